The second-order valence-corrected chi connectivity index (χ2v) is 10.6. The van der Waals surface area contributed by atoms with Gasteiger partial charge < -0.3 is 50.7 Å². The molecule has 0 saturated carbocycles. The predicted molar refractivity (Wildman–Crippen MR) is 162 cm³/mol. The van der Waals surface area contributed by atoms with Gasteiger partial charge in [-0.3, -0.25) is 58.0 Å². The summed E-state index contributed by atoms with van der Waals surface area (Å²) in [6.45, 7) is -1.60. The minimum atomic E-state index is -1.23. The van der Waals surface area contributed by atoms with Gasteiger partial charge in [-0.25, -0.2) is 4.79 Å². The lowest BCUT2D eigenvalue weighted by Crippen LogP contribution is -2.43. The van der Waals surface area contributed by atoms with Crippen molar-refractivity contribution in [2.75, 3.05) is 99.2 Å². The number of nitrogens with zero attached hydrogens (tertiary/aromatic N) is 6. The molecular weight excluding hydrogens is 668 g/mol. The smallest absolute Gasteiger partial charge is 0.319 e. The lowest BCUT2D eigenvalue weighted by molar-refractivity contribution is -0.145. The second-order valence-electron chi connectivity index (χ2n) is 10.6. The molecule has 0 aliphatic carbocycles. The zero-order valence-corrected chi connectivity index (χ0v) is 27.2. The molecule has 0 bridgehead atoms. The largest absolute Gasteiger partial charge is 0.480 e. The molecule has 1 atom stereocenters. The van der Waals surface area contributed by atoms with Crippen LogP contribution in [0.5, 0.6) is 0 Å². The molecule has 1 heterocycles. The Labute approximate surface area is 279 Å². The zero-order valence-electron chi connectivity index (χ0n) is 27.2. The standard InChI is InChI=1S/2C10H16N2O8.C6H12N2O/c2*13-7(14)3-11(4-8(15)16)1-2-12(5-9(17)18)6-10(19)20;1-5-4-7(2)6(9)8(5)3/h2*1-6H2,(H,13,14)(H,15,16)(H,17,18)(H,19,20);5H,4H2,1-3H3. The van der Waals surface area contributed by atoms with Crippen LogP contribution >= 0.6 is 0 Å². The Morgan fingerprint density at radius 2 is 0.673 bits per heavy atom. The van der Waals surface area contributed by atoms with E-state index in [2.05, 4.69) is 0 Å². The first-order valence-corrected chi connectivity index (χ1v) is 14.2. The van der Waals surface area contributed by atoms with E-state index in [1.807, 2.05) is 21.0 Å². The van der Waals surface area contributed by atoms with Crippen molar-refractivity contribution in [1.82, 2.24) is 29.4 Å². The van der Waals surface area contributed by atoms with Gasteiger partial charge in [0.1, 0.15) is 0 Å². The number of carboxylic acids is 8. The van der Waals surface area contributed by atoms with Crippen LogP contribution in [0.4, 0.5) is 4.79 Å². The van der Waals surface area contributed by atoms with Crippen molar-refractivity contribution in [3.63, 3.8) is 0 Å². The van der Waals surface area contributed by atoms with Crippen molar-refractivity contribution in [3.05, 3.63) is 0 Å². The summed E-state index contributed by atoms with van der Waals surface area (Å²) in [7, 11) is 3.65. The zero-order chi connectivity index (χ0) is 38.4. The van der Waals surface area contributed by atoms with E-state index >= 15 is 0 Å². The van der Waals surface area contributed by atoms with Crippen LogP contribution in [0.2, 0.25) is 0 Å². The molecule has 1 aliphatic rings. The summed E-state index contributed by atoms with van der Waals surface area (Å²) in [6.07, 6.45) is 0. The fourth-order valence-corrected chi connectivity index (χ4v) is 4.01. The van der Waals surface area contributed by atoms with Crippen LogP contribution in [-0.2, 0) is 38.4 Å². The van der Waals surface area contributed by atoms with Gasteiger partial charge in [-0.2, -0.15) is 0 Å². The Kier molecular flexibility index (Phi) is 22.6. The summed E-state index contributed by atoms with van der Waals surface area (Å²) in [5.41, 5.74) is 0. The quantitative estimate of drug-likeness (QED) is 0.0534. The molecule has 1 saturated heterocycles. The van der Waals surface area contributed by atoms with Gasteiger partial charge in [-0.05, 0) is 6.92 Å². The molecule has 23 nitrogen and oxygen atoms in total. The lowest BCUT2D eigenvalue weighted by Gasteiger charge is -2.23. The molecule has 0 aromatic heterocycles. The number of carbonyl (C=O) groups excluding carboxylic acids is 1. The van der Waals surface area contributed by atoms with Crippen molar-refractivity contribution in [1.29, 1.82) is 0 Å². The third-order valence-corrected chi connectivity index (χ3v) is 6.16. The van der Waals surface area contributed by atoms with Crippen molar-refractivity contribution < 1.29 is 84.0 Å². The highest BCUT2D eigenvalue weighted by atomic mass is 16.4. The Bertz CT molecular complexity index is 961. The second kappa shape index (κ2) is 24.1. The molecule has 1 rings (SSSR count). The molecule has 0 aromatic rings. The number of hydrogen-bond donors (Lipinski definition) is 8. The van der Waals surface area contributed by atoms with Crippen LogP contribution in [0.1, 0.15) is 6.92 Å². The fraction of sp³-hybridized carbons (Fsp3) is 0.654. The molecule has 0 aromatic carbocycles. The van der Waals surface area contributed by atoms with E-state index in [1.165, 1.54) is 0 Å². The molecule has 49 heavy (non-hydrogen) atoms. The first-order chi connectivity index (χ1) is 22.5. The maximum Gasteiger partial charge on any atom is 0.319 e. The average molecular weight is 713 g/mol. The monoisotopic (exact) mass is 712 g/mol. The summed E-state index contributed by atoms with van der Waals surface area (Å²) in [5, 5.41) is 68.9. The number of carboxylic acid groups (broad SMARTS) is 8. The van der Waals surface area contributed by atoms with Gasteiger partial charge in [-0.15, -0.1) is 0 Å². The number of carbonyl (C=O) groups is 9. The molecule has 0 radical (unpaired) electrons. The molecule has 1 fully saturated rings. The van der Waals surface area contributed by atoms with Gasteiger partial charge in [0.2, 0.25) is 0 Å². The number of amides is 2. The van der Waals surface area contributed by atoms with Gasteiger partial charge in [0.05, 0.1) is 52.4 Å². The minimum Gasteiger partial charge on any atom is -0.480 e. The summed E-state index contributed by atoms with van der Waals surface area (Å²) >= 11 is 0. The van der Waals surface area contributed by atoms with Crippen LogP contribution in [0.25, 0.3) is 0 Å². The van der Waals surface area contributed by atoms with Crippen molar-refractivity contribution in [2.45, 2.75) is 13.0 Å². The van der Waals surface area contributed by atoms with Crippen LogP contribution in [-0.4, -0.2) is 229 Å². The molecule has 280 valence electrons. The summed E-state index contributed by atoms with van der Waals surface area (Å²) < 4.78 is 0. The molecule has 0 spiro atoms. The Morgan fingerprint density at radius 1 is 0.490 bits per heavy atom. The van der Waals surface area contributed by atoms with E-state index in [1.54, 1.807) is 9.80 Å². The Balaban J connectivity index is 0. The van der Waals surface area contributed by atoms with Crippen LogP contribution < -0.4 is 0 Å². The molecule has 23 heteroatoms. The van der Waals surface area contributed by atoms with Crippen molar-refractivity contribution in [2.24, 2.45) is 0 Å². The van der Waals surface area contributed by atoms with Crippen molar-refractivity contribution in [3.8, 4) is 0 Å². The predicted octanol–water partition coefficient (Wildman–Crippen LogP) is -3.77. The van der Waals surface area contributed by atoms with E-state index < -0.39 is 100 Å². The highest BCUT2D eigenvalue weighted by molar-refractivity contribution is 5.76. The van der Waals surface area contributed by atoms with E-state index in [4.69, 9.17) is 40.9 Å². The number of rotatable bonds is 22. The fourth-order valence-electron chi connectivity index (χ4n) is 4.01. The van der Waals surface area contributed by atoms with Crippen LogP contribution in [0, 0.1) is 0 Å². The minimum absolute atomic E-state index is 0.0703. The average Bonchev–Trinajstić information content (AvgIpc) is 3.13. The van der Waals surface area contributed by atoms with Gasteiger partial charge in [0.25, 0.3) is 0 Å². The number of likely N-dealkylation sites (N-methyl/N-ethyl adjacent to an activating group) is 2. The highest BCUT2D eigenvalue weighted by Gasteiger charge is 2.28. The number of aliphatic carboxylic acids is 8. The molecule has 1 unspecified atom stereocenters. The molecular formula is C26H44N6O17. The molecule has 2 amide bonds. The first-order valence-electron chi connectivity index (χ1n) is 14.2. The van der Waals surface area contributed by atoms with E-state index in [9.17, 15) is 43.2 Å². The Morgan fingerprint density at radius 3 is 0.755 bits per heavy atom. The van der Waals surface area contributed by atoms with Gasteiger partial charge in [0, 0.05) is 52.9 Å². The maximum absolute atomic E-state index is 11.0. The van der Waals surface area contributed by atoms with Gasteiger partial charge >= 0.3 is 53.8 Å². The van der Waals surface area contributed by atoms with E-state index in [-0.39, 0.29) is 32.2 Å². The topological polar surface area (TPSA) is 335 Å². The Hall–Kier alpha value is -5.13. The van der Waals surface area contributed by atoms with Crippen molar-refractivity contribution >= 4 is 53.8 Å². The number of hydrogen-bond acceptors (Lipinski definition) is 13. The summed E-state index contributed by atoms with van der Waals surface area (Å²) in [4.78, 5) is 103. The first kappa shape index (κ1) is 46.0. The summed E-state index contributed by atoms with van der Waals surface area (Å²) in [5.74, 6) is -9.82. The van der Waals surface area contributed by atoms with E-state index in [0.29, 0.717) is 6.04 Å². The lowest BCUT2D eigenvalue weighted by atomic mass is 10.3. The molecule has 8 N–H and O–H groups in total. The third kappa shape index (κ3) is 25.6. The SMILES string of the molecule is CC1CN(C)C(=O)N1C.O=C(O)CN(CCN(CC(=O)O)CC(=O)O)CC(=O)O.O=C(O)CN(CCN(CC(=O)O)CC(=O)O)CC(=O)O. The van der Waals surface area contributed by atoms with Gasteiger partial charge in [0.15, 0.2) is 0 Å². The third-order valence-electron chi connectivity index (χ3n) is 6.16. The summed E-state index contributed by atoms with van der Waals surface area (Å²) in [6, 6.07) is 0.505. The van der Waals surface area contributed by atoms with E-state index in [0.717, 1.165) is 26.1 Å². The molecule has 1 aliphatic heterocycles. The van der Waals surface area contributed by atoms with Crippen LogP contribution in [0.3, 0.4) is 0 Å². The highest BCUT2D eigenvalue weighted by Crippen LogP contribution is 2.09. The maximum atomic E-state index is 11.0. The van der Waals surface area contributed by atoms with Gasteiger partial charge in [-0.1, -0.05) is 0 Å². The normalized spacial score (nSPS) is 13.9. The number of urea groups is 1. The van der Waals surface area contributed by atoms with Crippen LogP contribution in [0.15, 0.2) is 0 Å².